The third kappa shape index (κ3) is 3.68. The van der Waals surface area contributed by atoms with Crippen molar-refractivity contribution >= 4 is 0 Å². The topological polar surface area (TPSA) is 80.9 Å². The van der Waals surface area contributed by atoms with Crippen molar-refractivity contribution in [3.05, 3.63) is 0 Å². The molecule has 0 radical (unpaired) electrons. The quantitative estimate of drug-likeness (QED) is 0.405. The molecule has 0 amide bonds. The van der Waals surface area contributed by atoms with Crippen molar-refractivity contribution in [1.29, 1.82) is 0 Å². The lowest BCUT2D eigenvalue weighted by Crippen LogP contribution is -2.65. The molecule has 0 saturated heterocycles. The summed E-state index contributed by atoms with van der Waals surface area (Å²) in [6, 6.07) is -0.243. The molecule has 0 spiro atoms. The predicted octanol–water partition coefficient (Wildman–Crippen LogP) is -1.06. The normalized spacial score (nSPS) is 21.2. The zero-order valence-electron chi connectivity index (χ0n) is 10.5. The second-order valence-corrected chi connectivity index (χ2v) is 4.64. The standard InChI is InChI=1S/C11H26NO4/c1-9(7-14)12(4-5-13,6-11(3)16)10(2)8-15/h9-11,13-16H,4-8H2,1-3H3/q+1. The summed E-state index contributed by atoms with van der Waals surface area (Å²) in [5.74, 6) is 0. The number of quaternary nitrogens is 1. The first kappa shape index (κ1) is 15.8. The number of hydrogen-bond acceptors (Lipinski definition) is 4. The summed E-state index contributed by atoms with van der Waals surface area (Å²) in [7, 11) is 0. The molecule has 4 N–H and O–H groups in total. The largest absolute Gasteiger partial charge is 0.391 e. The van der Waals surface area contributed by atoms with Gasteiger partial charge in [0.05, 0.1) is 19.8 Å². The van der Waals surface area contributed by atoms with Crippen LogP contribution in [0.5, 0.6) is 0 Å². The lowest BCUT2D eigenvalue weighted by atomic mass is 10.1. The summed E-state index contributed by atoms with van der Waals surface area (Å²) in [6.45, 7) is 6.17. The molecule has 0 aromatic carbocycles. The van der Waals surface area contributed by atoms with Crippen LogP contribution in [0.4, 0.5) is 0 Å². The molecule has 5 nitrogen and oxygen atoms in total. The molecule has 0 rings (SSSR count). The van der Waals surface area contributed by atoms with Gasteiger partial charge in [0.1, 0.15) is 31.3 Å². The highest BCUT2D eigenvalue weighted by Crippen LogP contribution is 2.20. The van der Waals surface area contributed by atoms with E-state index >= 15 is 0 Å². The van der Waals surface area contributed by atoms with Gasteiger partial charge in [0.15, 0.2) is 0 Å². The lowest BCUT2D eigenvalue weighted by Gasteiger charge is -2.47. The average Bonchev–Trinajstić information content (AvgIpc) is 2.25. The summed E-state index contributed by atoms with van der Waals surface area (Å²) in [5.41, 5.74) is 0. The van der Waals surface area contributed by atoms with E-state index in [4.69, 9.17) is 5.11 Å². The van der Waals surface area contributed by atoms with Crippen molar-refractivity contribution in [3.8, 4) is 0 Å². The molecular formula is C11H26NO4+. The molecule has 0 heterocycles. The average molecular weight is 236 g/mol. The van der Waals surface area contributed by atoms with Gasteiger partial charge in [-0.25, -0.2) is 0 Å². The van der Waals surface area contributed by atoms with E-state index < -0.39 is 6.10 Å². The smallest absolute Gasteiger partial charge is 0.110 e. The maximum absolute atomic E-state index is 9.54. The highest BCUT2D eigenvalue weighted by molar-refractivity contribution is 4.63. The zero-order valence-corrected chi connectivity index (χ0v) is 10.5. The van der Waals surface area contributed by atoms with E-state index in [1.807, 2.05) is 13.8 Å². The SMILES string of the molecule is CC(O)C[N+](CCO)(C(C)CO)C(C)CO. The fourth-order valence-electron chi connectivity index (χ4n) is 2.33. The van der Waals surface area contributed by atoms with Crippen LogP contribution in [0, 0.1) is 0 Å². The van der Waals surface area contributed by atoms with Crippen LogP contribution >= 0.6 is 0 Å². The van der Waals surface area contributed by atoms with Crippen LogP contribution < -0.4 is 0 Å². The van der Waals surface area contributed by atoms with Crippen molar-refractivity contribution in [2.45, 2.75) is 39.0 Å². The Balaban J connectivity index is 5.03. The van der Waals surface area contributed by atoms with E-state index in [1.54, 1.807) is 6.92 Å². The van der Waals surface area contributed by atoms with Gasteiger partial charge in [-0.15, -0.1) is 0 Å². The molecular weight excluding hydrogens is 210 g/mol. The summed E-state index contributed by atoms with van der Waals surface area (Å²) < 4.78 is 0.334. The minimum Gasteiger partial charge on any atom is -0.391 e. The Hall–Kier alpha value is -0.200. The molecule has 0 bridgehead atoms. The molecule has 0 aliphatic heterocycles. The molecule has 5 heteroatoms. The molecule has 0 saturated carbocycles. The molecule has 16 heavy (non-hydrogen) atoms. The van der Waals surface area contributed by atoms with Crippen LogP contribution in [0.2, 0.25) is 0 Å². The Labute approximate surface area is 97.5 Å². The van der Waals surface area contributed by atoms with Gasteiger partial charge in [-0.3, -0.25) is 0 Å². The maximum Gasteiger partial charge on any atom is 0.110 e. The van der Waals surface area contributed by atoms with Gasteiger partial charge in [0.2, 0.25) is 0 Å². The van der Waals surface area contributed by atoms with Crippen LogP contribution in [0.1, 0.15) is 20.8 Å². The molecule has 3 unspecified atom stereocenters. The molecule has 0 aliphatic carbocycles. The molecule has 0 aliphatic rings. The molecule has 0 aromatic rings. The van der Waals surface area contributed by atoms with E-state index in [0.29, 0.717) is 17.6 Å². The van der Waals surface area contributed by atoms with Crippen LogP contribution in [-0.4, -0.2) is 76.0 Å². The van der Waals surface area contributed by atoms with Gasteiger partial charge >= 0.3 is 0 Å². The first-order valence-corrected chi connectivity index (χ1v) is 5.81. The fraction of sp³-hybridized carbons (Fsp3) is 1.00. The summed E-state index contributed by atoms with van der Waals surface area (Å²) in [5, 5.41) is 37.3. The summed E-state index contributed by atoms with van der Waals surface area (Å²) in [4.78, 5) is 0. The van der Waals surface area contributed by atoms with E-state index in [2.05, 4.69) is 0 Å². The summed E-state index contributed by atoms with van der Waals surface area (Å²) >= 11 is 0. The highest BCUT2D eigenvalue weighted by atomic mass is 16.3. The number of hydrogen-bond donors (Lipinski definition) is 4. The molecule has 0 aromatic heterocycles. The fourth-order valence-corrected chi connectivity index (χ4v) is 2.33. The molecule has 3 atom stereocenters. The van der Waals surface area contributed by atoms with Crippen molar-refractivity contribution in [1.82, 2.24) is 0 Å². The van der Waals surface area contributed by atoms with Crippen molar-refractivity contribution in [3.63, 3.8) is 0 Å². The van der Waals surface area contributed by atoms with E-state index in [9.17, 15) is 15.3 Å². The van der Waals surface area contributed by atoms with E-state index in [0.717, 1.165) is 0 Å². The first-order chi connectivity index (χ1) is 7.44. The Morgan fingerprint density at radius 3 is 1.62 bits per heavy atom. The predicted molar refractivity (Wildman–Crippen MR) is 61.9 cm³/mol. The van der Waals surface area contributed by atoms with Crippen LogP contribution in [-0.2, 0) is 0 Å². The van der Waals surface area contributed by atoms with Gasteiger partial charge in [-0.2, -0.15) is 0 Å². The van der Waals surface area contributed by atoms with Crippen molar-refractivity contribution in [2.24, 2.45) is 0 Å². The highest BCUT2D eigenvalue weighted by Gasteiger charge is 2.39. The monoisotopic (exact) mass is 236 g/mol. The van der Waals surface area contributed by atoms with Gasteiger partial charge < -0.3 is 24.9 Å². The summed E-state index contributed by atoms with van der Waals surface area (Å²) in [6.07, 6.45) is -0.533. The minimum atomic E-state index is -0.533. The van der Waals surface area contributed by atoms with Crippen LogP contribution in [0.25, 0.3) is 0 Å². The number of nitrogens with zero attached hydrogens (tertiary/aromatic N) is 1. The van der Waals surface area contributed by atoms with Gasteiger partial charge in [-0.05, 0) is 20.8 Å². The third-order valence-corrected chi connectivity index (χ3v) is 3.40. The maximum atomic E-state index is 9.54. The van der Waals surface area contributed by atoms with E-state index in [-0.39, 0.29) is 31.9 Å². The Morgan fingerprint density at radius 2 is 1.38 bits per heavy atom. The van der Waals surface area contributed by atoms with Crippen molar-refractivity contribution in [2.75, 3.05) is 32.9 Å². The van der Waals surface area contributed by atoms with Crippen molar-refractivity contribution < 1.29 is 24.9 Å². The minimum absolute atomic E-state index is 0.0264. The Bertz CT molecular complexity index is 177. The number of rotatable bonds is 8. The van der Waals surface area contributed by atoms with Gasteiger partial charge in [0.25, 0.3) is 0 Å². The second kappa shape index (κ2) is 7.19. The third-order valence-electron chi connectivity index (χ3n) is 3.40. The number of aliphatic hydroxyl groups is 4. The van der Waals surface area contributed by atoms with E-state index in [1.165, 1.54) is 0 Å². The van der Waals surface area contributed by atoms with Gasteiger partial charge in [0, 0.05) is 0 Å². The Morgan fingerprint density at radius 1 is 0.938 bits per heavy atom. The molecule has 98 valence electrons. The lowest BCUT2D eigenvalue weighted by molar-refractivity contribution is -0.973. The van der Waals surface area contributed by atoms with Crippen LogP contribution in [0.15, 0.2) is 0 Å². The first-order valence-electron chi connectivity index (χ1n) is 5.81. The van der Waals surface area contributed by atoms with Crippen LogP contribution in [0.3, 0.4) is 0 Å². The van der Waals surface area contributed by atoms with Gasteiger partial charge in [-0.1, -0.05) is 0 Å². The zero-order chi connectivity index (χ0) is 12.8. The number of aliphatic hydroxyl groups excluding tert-OH is 4. The second-order valence-electron chi connectivity index (χ2n) is 4.64. The Kier molecular flexibility index (Phi) is 7.10. The molecule has 0 fully saturated rings.